The molecule has 8 nitrogen and oxygen atoms in total. The Morgan fingerprint density at radius 3 is 2.63 bits per heavy atom. The van der Waals surface area contributed by atoms with Crippen molar-refractivity contribution in [1.29, 1.82) is 0 Å². The number of nitrogens with zero attached hydrogens (tertiary/aromatic N) is 1. The Hall–Kier alpha value is -2.38. The summed E-state index contributed by atoms with van der Waals surface area (Å²) in [6.07, 6.45) is -0.459. The molecular formula is C11H14N2O6. The Morgan fingerprint density at radius 1 is 1.37 bits per heavy atom. The Balaban J connectivity index is 2.76. The van der Waals surface area contributed by atoms with Crippen molar-refractivity contribution in [1.82, 2.24) is 5.16 Å². The Labute approximate surface area is 109 Å². The zero-order valence-electron chi connectivity index (χ0n) is 10.8. The van der Waals surface area contributed by atoms with Gasteiger partial charge in [0.05, 0.1) is 13.7 Å². The molecule has 1 rings (SSSR count). The van der Waals surface area contributed by atoms with E-state index in [4.69, 9.17) is 4.52 Å². The average molecular weight is 270 g/mol. The fraction of sp³-hybridized carbons (Fsp3) is 0.455. The number of rotatable bonds is 5. The summed E-state index contributed by atoms with van der Waals surface area (Å²) in [5, 5.41) is 5.91. The smallest absolute Gasteiger partial charge is 0.379 e. The maximum atomic E-state index is 11.6. The van der Waals surface area contributed by atoms with Crippen LogP contribution in [0.15, 0.2) is 4.52 Å². The van der Waals surface area contributed by atoms with Gasteiger partial charge < -0.3 is 19.3 Å². The number of nitrogens with one attached hydrogen (secondary N) is 1. The van der Waals surface area contributed by atoms with E-state index in [1.54, 1.807) is 6.92 Å². The molecule has 19 heavy (non-hydrogen) atoms. The summed E-state index contributed by atoms with van der Waals surface area (Å²) in [5.74, 6) is -2.28. The van der Waals surface area contributed by atoms with E-state index < -0.39 is 24.3 Å². The molecule has 1 heterocycles. The van der Waals surface area contributed by atoms with E-state index in [1.807, 2.05) is 0 Å². The molecule has 8 heteroatoms. The molecule has 0 fully saturated rings. The molecule has 1 amide bonds. The molecule has 0 radical (unpaired) electrons. The van der Waals surface area contributed by atoms with Crippen molar-refractivity contribution in [2.24, 2.45) is 0 Å². The number of esters is 2. The largest absolute Gasteiger partial charge is 0.466 e. The lowest BCUT2D eigenvalue weighted by molar-refractivity contribution is -0.145. The molecule has 104 valence electrons. The van der Waals surface area contributed by atoms with Crippen LogP contribution >= 0.6 is 0 Å². The molecule has 0 aliphatic carbocycles. The van der Waals surface area contributed by atoms with E-state index in [0.29, 0.717) is 5.69 Å². The Kier molecular flexibility index (Phi) is 5.04. The second-order valence-electron chi connectivity index (χ2n) is 3.49. The number of carbonyl (C=O) groups is 3. The third-order valence-corrected chi connectivity index (χ3v) is 2.11. The van der Waals surface area contributed by atoms with Gasteiger partial charge in [-0.25, -0.2) is 4.79 Å². The number of amides is 1. The van der Waals surface area contributed by atoms with Gasteiger partial charge in [0.25, 0.3) is 5.76 Å². The van der Waals surface area contributed by atoms with Crippen LogP contribution in [0.4, 0.5) is 5.69 Å². The van der Waals surface area contributed by atoms with Crippen LogP contribution < -0.4 is 5.32 Å². The van der Waals surface area contributed by atoms with Crippen molar-refractivity contribution in [2.45, 2.75) is 20.3 Å². The van der Waals surface area contributed by atoms with Gasteiger partial charge in [0.1, 0.15) is 17.8 Å². The number of aromatic nitrogens is 1. The first-order chi connectivity index (χ1) is 8.99. The normalized spacial score (nSPS) is 9.84. The van der Waals surface area contributed by atoms with Gasteiger partial charge in [0.2, 0.25) is 5.91 Å². The highest BCUT2D eigenvalue weighted by molar-refractivity contribution is 6.05. The fourth-order valence-electron chi connectivity index (χ4n) is 1.28. The number of carbonyl (C=O) groups excluding carboxylic acids is 3. The summed E-state index contributed by atoms with van der Waals surface area (Å²) < 4.78 is 13.9. The minimum Gasteiger partial charge on any atom is -0.466 e. The first-order valence-electron chi connectivity index (χ1n) is 5.49. The molecular weight excluding hydrogens is 256 g/mol. The second-order valence-corrected chi connectivity index (χ2v) is 3.49. The SMILES string of the molecule is CCOC(=O)CC(=O)Nc1c(C)noc1C(=O)OC. The molecule has 0 atom stereocenters. The van der Waals surface area contributed by atoms with Gasteiger partial charge in [-0.3, -0.25) is 9.59 Å². The maximum Gasteiger partial charge on any atom is 0.379 e. The number of anilines is 1. The van der Waals surface area contributed by atoms with Crippen LogP contribution in [0.5, 0.6) is 0 Å². The van der Waals surface area contributed by atoms with Gasteiger partial charge in [-0.15, -0.1) is 0 Å². The predicted octanol–water partition coefficient (Wildman–Crippen LogP) is 0.661. The topological polar surface area (TPSA) is 108 Å². The molecule has 0 saturated carbocycles. The number of hydrogen-bond donors (Lipinski definition) is 1. The average Bonchev–Trinajstić information content (AvgIpc) is 2.70. The van der Waals surface area contributed by atoms with Crippen molar-refractivity contribution in [3.05, 3.63) is 11.5 Å². The summed E-state index contributed by atoms with van der Waals surface area (Å²) in [6, 6.07) is 0. The van der Waals surface area contributed by atoms with Gasteiger partial charge in [0, 0.05) is 0 Å². The molecule has 1 aromatic heterocycles. The zero-order valence-corrected chi connectivity index (χ0v) is 10.8. The van der Waals surface area contributed by atoms with Gasteiger partial charge in [0.15, 0.2) is 0 Å². The fourth-order valence-corrected chi connectivity index (χ4v) is 1.28. The maximum absolute atomic E-state index is 11.6. The third-order valence-electron chi connectivity index (χ3n) is 2.11. The summed E-state index contributed by atoms with van der Waals surface area (Å²) in [7, 11) is 1.17. The van der Waals surface area contributed by atoms with Crippen molar-refractivity contribution in [2.75, 3.05) is 19.0 Å². The quantitative estimate of drug-likeness (QED) is 0.618. The summed E-state index contributed by atoms with van der Waals surface area (Å²) in [6.45, 7) is 3.36. The third kappa shape index (κ3) is 3.80. The molecule has 1 aromatic rings. The number of ether oxygens (including phenoxy) is 2. The van der Waals surface area contributed by atoms with Crippen LogP contribution in [-0.2, 0) is 19.1 Å². The van der Waals surface area contributed by atoms with Crippen molar-refractivity contribution < 1.29 is 28.4 Å². The zero-order chi connectivity index (χ0) is 14.4. The summed E-state index contributed by atoms with van der Waals surface area (Å²) in [4.78, 5) is 34.1. The monoisotopic (exact) mass is 270 g/mol. The highest BCUT2D eigenvalue weighted by atomic mass is 16.6. The molecule has 0 aromatic carbocycles. The van der Waals surface area contributed by atoms with E-state index >= 15 is 0 Å². The molecule has 0 saturated heterocycles. The van der Waals surface area contributed by atoms with Gasteiger partial charge >= 0.3 is 11.9 Å². The second kappa shape index (κ2) is 6.53. The molecule has 0 unspecified atom stereocenters. The van der Waals surface area contributed by atoms with E-state index in [-0.39, 0.29) is 18.1 Å². The summed E-state index contributed by atoms with van der Waals surface area (Å²) in [5.41, 5.74) is 0.388. The molecule has 0 spiro atoms. The highest BCUT2D eigenvalue weighted by Gasteiger charge is 2.23. The Bertz CT molecular complexity index is 493. The summed E-state index contributed by atoms with van der Waals surface area (Å²) >= 11 is 0. The van der Waals surface area contributed by atoms with Crippen molar-refractivity contribution >= 4 is 23.5 Å². The van der Waals surface area contributed by atoms with E-state index in [9.17, 15) is 14.4 Å². The minimum atomic E-state index is -0.771. The van der Waals surface area contributed by atoms with Crippen LogP contribution in [0.1, 0.15) is 29.6 Å². The lowest BCUT2D eigenvalue weighted by Gasteiger charge is -2.04. The first kappa shape index (κ1) is 14.7. The van der Waals surface area contributed by atoms with Crippen LogP contribution in [0.25, 0.3) is 0 Å². The molecule has 0 bridgehead atoms. The first-order valence-corrected chi connectivity index (χ1v) is 5.49. The van der Waals surface area contributed by atoms with Crippen LogP contribution in [0.2, 0.25) is 0 Å². The standard InChI is InChI=1S/C11H14N2O6/c1-4-18-8(15)5-7(14)12-9-6(2)13-19-10(9)11(16)17-3/h4-5H2,1-3H3,(H,12,14). The number of methoxy groups -OCH3 is 1. The lowest BCUT2D eigenvalue weighted by Crippen LogP contribution is -2.19. The number of hydrogen-bond acceptors (Lipinski definition) is 7. The van der Waals surface area contributed by atoms with Crippen LogP contribution in [0, 0.1) is 6.92 Å². The van der Waals surface area contributed by atoms with E-state index in [1.165, 1.54) is 14.0 Å². The number of aryl methyl sites for hydroxylation is 1. The lowest BCUT2D eigenvalue weighted by atomic mass is 10.3. The van der Waals surface area contributed by atoms with Gasteiger partial charge in [-0.05, 0) is 13.8 Å². The molecule has 1 N–H and O–H groups in total. The van der Waals surface area contributed by atoms with E-state index in [0.717, 1.165) is 0 Å². The van der Waals surface area contributed by atoms with Crippen molar-refractivity contribution in [3.63, 3.8) is 0 Å². The highest BCUT2D eigenvalue weighted by Crippen LogP contribution is 2.21. The predicted molar refractivity (Wildman–Crippen MR) is 62.5 cm³/mol. The van der Waals surface area contributed by atoms with E-state index in [2.05, 4.69) is 19.9 Å². The Morgan fingerprint density at radius 2 is 2.05 bits per heavy atom. The molecule has 0 aliphatic rings. The van der Waals surface area contributed by atoms with Crippen LogP contribution in [-0.4, -0.2) is 36.7 Å². The molecule has 0 aliphatic heterocycles. The van der Waals surface area contributed by atoms with Crippen molar-refractivity contribution in [3.8, 4) is 0 Å². The minimum absolute atomic E-state index is 0.0844. The van der Waals surface area contributed by atoms with Crippen LogP contribution in [0.3, 0.4) is 0 Å². The van der Waals surface area contributed by atoms with Gasteiger partial charge in [-0.2, -0.15) is 0 Å². The van der Waals surface area contributed by atoms with Gasteiger partial charge in [-0.1, -0.05) is 5.16 Å².